The molecule has 6 aromatic rings. The molecular weight excluding hydrogens is 663 g/mol. The maximum absolute atomic E-state index is 2.69. The van der Waals surface area contributed by atoms with E-state index < -0.39 is 0 Å². The molecule has 0 amide bonds. The van der Waals surface area contributed by atoms with Crippen molar-refractivity contribution < 1.29 is 0 Å². The zero-order valence-corrected chi connectivity index (χ0v) is 32.8. The first-order chi connectivity index (χ1) is 26.7. The van der Waals surface area contributed by atoms with E-state index in [9.17, 15) is 0 Å². The molecule has 1 heteroatoms. The van der Waals surface area contributed by atoms with Crippen molar-refractivity contribution in [3.63, 3.8) is 0 Å². The van der Waals surface area contributed by atoms with Gasteiger partial charge in [-0.2, -0.15) is 0 Å². The van der Waals surface area contributed by atoms with E-state index in [-0.39, 0.29) is 16.2 Å². The lowest BCUT2D eigenvalue weighted by atomic mass is 9.27. The summed E-state index contributed by atoms with van der Waals surface area (Å²) < 4.78 is 0. The lowest BCUT2D eigenvalue weighted by molar-refractivity contribution is -0.231. The summed E-state index contributed by atoms with van der Waals surface area (Å²) in [6.45, 7) is 9.88. The Hall–Kier alpha value is -4.88. The standard InChI is InChI=1S/C54H51N/c1-51(2)26-27-52(3,4)50-45(51)16-11-17-47(50)55(40-21-18-37(19-22-40)35-12-7-5-8-13-35)41-23-24-42-43-30-38(36-14-9-6-10-15-36)20-25-44(43)54(46(42)32-41)48-29-34-28-39-31-49(54)53(39,48)33-34/h5-25,30,32,34,39,48-49H,26-29,31,33H2,1-4H3. The van der Waals surface area contributed by atoms with Crippen LogP contribution in [0.15, 0.2) is 140 Å². The first-order valence-corrected chi connectivity index (χ1v) is 21.1. The molecule has 1 nitrogen and oxygen atoms in total. The SMILES string of the molecule is CC1(C)CCC(C)(C)c2c(N(c3ccc(-c4ccccc4)cc3)c3ccc4c(c3)C3(c5ccc(-c6ccccc6)cc5-4)C4CC5CC6CC3C64C5)cccc21. The number of fused-ring (bicyclic) bond motifs is 9. The molecule has 0 aliphatic heterocycles. The van der Waals surface area contributed by atoms with Gasteiger partial charge in [0.25, 0.3) is 0 Å². The molecule has 6 aliphatic carbocycles. The fraction of sp³-hybridized carbons (Fsp3) is 0.333. The van der Waals surface area contributed by atoms with Crippen molar-refractivity contribution in [1.82, 2.24) is 0 Å². The average Bonchev–Trinajstić information content (AvgIpc) is 3.84. The van der Waals surface area contributed by atoms with E-state index in [2.05, 4.69) is 172 Å². The monoisotopic (exact) mass is 713 g/mol. The van der Waals surface area contributed by atoms with Crippen molar-refractivity contribution in [2.45, 2.75) is 82.5 Å². The Morgan fingerprint density at radius 1 is 0.491 bits per heavy atom. The van der Waals surface area contributed by atoms with Crippen LogP contribution in [0.1, 0.15) is 88.5 Å². The number of nitrogens with zero attached hydrogens (tertiary/aromatic N) is 1. The maximum Gasteiger partial charge on any atom is 0.0502 e. The highest BCUT2D eigenvalue weighted by atomic mass is 15.1. The normalized spacial score (nSPS) is 29.1. The van der Waals surface area contributed by atoms with Crippen LogP contribution in [0.3, 0.4) is 0 Å². The molecule has 0 N–H and O–H groups in total. The molecule has 6 unspecified atom stereocenters. The Morgan fingerprint density at radius 2 is 1.15 bits per heavy atom. The first-order valence-electron chi connectivity index (χ1n) is 21.1. The Kier molecular flexibility index (Phi) is 6.42. The Balaban J connectivity index is 1.08. The average molecular weight is 714 g/mol. The minimum atomic E-state index is 0.0656. The molecular formula is C54H51N. The highest BCUT2D eigenvalue weighted by molar-refractivity contribution is 5.90. The molecule has 55 heavy (non-hydrogen) atoms. The van der Waals surface area contributed by atoms with Gasteiger partial charge in [0.1, 0.15) is 0 Å². The molecule has 272 valence electrons. The van der Waals surface area contributed by atoms with Crippen LogP contribution in [0, 0.1) is 29.1 Å². The summed E-state index contributed by atoms with van der Waals surface area (Å²) in [5.41, 5.74) is 19.2. The summed E-state index contributed by atoms with van der Waals surface area (Å²) >= 11 is 0. The van der Waals surface area contributed by atoms with E-state index in [1.165, 1.54) is 100 Å². The summed E-state index contributed by atoms with van der Waals surface area (Å²) in [5, 5.41) is 0. The molecule has 0 radical (unpaired) electrons. The van der Waals surface area contributed by atoms with Crippen molar-refractivity contribution in [2.24, 2.45) is 29.1 Å². The Morgan fingerprint density at radius 3 is 1.89 bits per heavy atom. The number of benzene rings is 6. The molecule has 0 aromatic heterocycles. The first kappa shape index (κ1) is 32.4. The van der Waals surface area contributed by atoms with Crippen LogP contribution in [0.2, 0.25) is 0 Å². The quantitative estimate of drug-likeness (QED) is 0.172. The third-order valence-electron chi connectivity index (χ3n) is 16.4. The van der Waals surface area contributed by atoms with Crippen LogP contribution in [0.5, 0.6) is 0 Å². The second kappa shape index (κ2) is 10.9. The summed E-state index contributed by atoms with van der Waals surface area (Å²) in [7, 11) is 0. The van der Waals surface area contributed by atoms with Crippen molar-refractivity contribution in [2.75, 3.05) is 4.90 Å². The predicted molar refractivity (Wildman–Crippen MR) is 228 cm³/mol. The van der Waals surface area contributed by atoms with Crippen LogP contribution in [-0.2, 0) is 16.2 Å². The van der Waals surface area contributed by atoms with Gasteiger partial charge in [0.2, 0.25) is 0 Å². The number of anilines is 3. The zero-order valence-electron chi connectivity index (χ0n) is 32.8. The largest absolute Gasteiger partial charge is 0.310 e. The van der Waals surface area contributed by atoms with Crippen molar-refractivity contribution in [1.29, 1.82) is 0 Å². The molecule has 6 atom stereocenters. The maximum atomic E-state index is 2.69. The molecule has 2 spiro atoms. The zero-order chi connectivity index (χ0) is 36.9. The van der Waals surface area contributed by atoms with E-state index in [0.717, 1.165) is 23.7 Å². The minimum absolute atomic E-state index is 0.0656. The molecule has 4 fully saturated rings. The van der Waals surface area contributed by atoms with Gasteiger partial charge >= 0.3 is 0 Å². The second-order valence-electron chi connectivity index (χ2n) is 19.6. The van der Waals surface area contributed by atoms with Crippen LogP contribution in [-0.4, -0.2) is 0 Å². The van der Waals surface area contributed by atoms with Crippen molar-refractivity contribution in [3.8, 4) is 33.4 Å². The Labute approximate surface area is 327 Å². The summed E-state index contributed by atoms with van der Waals surface area (Å²) in [5.74, 6) is 3.43. The van der Waals surface area contributed by atoms with E-state index >= 15 is 0 Å². The smallest absolute Gasteiger partial charge is 0.0502 e. The van der Waals surface area contributed by atoms with Crippen molar-refractivity contribution in [3.05, 3.63) is 162 Å². The van der Waals surface area contributed by atoms with Gasteiger partial charge in [0.05, 0.1) is 5.69 Å². The van der Waals surface area contributed by atoms with Gasteiger partial charge in [-0.05, 0) is 170 Å². The number of hydrogen-bond donors (Lipinski definition) is 0. The topological polar surface area (TPSA) is 3.24 Å². The van der Waals surface area contributed by atoms with Gasteiger partial charge < -0.3 is 4.90 Å². The molecule has 6 aromatic carbocycles. The minimum Gasteiger partial charge on any atom is -0.310 e. The van der Waals surface area contributed by atoms with Crippen LogP contribution in [0.4, 0.5) is 17.1 Å². The predicted octanol–water partition coefficient (Wildman–Crippen LogP) is 14.2. The highest BCUT2D eigenvalue weighted by Crippen LogP contribution is 2.89. The van der Waals surface area contributed by atoms with E-state index in [1.807, 2.05) is 0 Å². The third-order valence-corrected chi connectivity index (χ3v) is 16.4. The van der Waals surface area contributed by atoms with Gasteiger partial charge in [0.15, 0.2) is 0 Å². The third kappa shape index (κ3) is 4.10. The van der Waals surface area contributed by atoms with Gasteiger partial charge in [-0.1, -0.05) is 131 Å². The fourth-order valence-corrected chi connectivity index (χ4v) is 14.1. The summed E-state index contributed by atoms with van der Waals surface area (Å²) in [6.07, 6.45) is 8.20. The van der Waals surface area contributed by atoms with E-state index in [4.69, 9.17) is 0 Å². The van der Waals surface area contributed by atoms with Crippen molar-refractivity contribution >= 4 is 17.1 Å². The van der Waals surface area contributed by atoms with E-state index in [1.54, 1.807) is 11.1 Å². The molecule has 2 bridgehead atoms. The molecule has 12 rings (SSSR count). The Bertz CT molecular complexity index is 2530. The molecule has 4 saturated carbocycles. The number of rotatable bonds is 5. The van der Waals surface area contributed by atoms with Gasteiger partial charge in [0, 0.05) is 16.8 Å². The summed E-state index contributed by atoms with van der Waals surface area (Å²) in [6, 6.07) is 53.7. The fourth-order valence-electron chi connectivity index (χ4n) is 14.1. The van der Waals surface area contributed by atoms with E-state index in [0.29, 0.717) is 5.41 Å². The van der Waals surface area contributed by atoms with Gasteiger partial charge in [-0.15, -0.1) is 0 Å². The lowest BCUT2D eigenvalue weighted by Crippen LogP contribution is -2.73. The van der Waals surface area contributed by atoms with Gasteiger partial charge in [-0.25, -0.2) is 0 Å². The highest BCUT2D eigenvalue weighted by Gasteiger charge is 2.84. The second-order valence-corrected chi connectivity index (χ2v) is 19.6. The summed E-state index contributed by atoms with van der Waals surface area (Å²) in [4.78, 5) is 2.64. The molecule has 0 heterocycles. The molecule has 0 saturated heterocycles. The lowest BCUT2D eigenvalue weighted by Gasteiger charge is -2.76. The van der Waals surface area contributed by atoms with Crippen LogP contribution in [0.25, 0.3) is 33.4 Å². The number of hydrogen-bond acceptors (Lipinski definition) is 1. The van der Waals surface area contributed by atoms with Crippen LogP contribution < -0.4 is 4.90 Å². The van der Waals surface area contributed by atoms with Gasteiger partial charge in [-0.3, -0.25) is 0 Å². The van der Waals surface area contributed by atoms with Crippen LogP contribution >= 0.6 is 0 Å². The molecule has 6 aliphatic rings.